The van der Waals surface area contributed by atoms with Gasteiger partial charge in [-0.1, -0.05) is 34.8 Å². The summed E-state index contributed by atoms with van der Waals surface area (Å²) in [6, 6.07) is 17.8. The van der Waals surface area contributed by atoms with Crippen LogP contribution in [0, 0.1) is 0 Å². The third-order valence-electron chi connectivity index (χ3n) is 5.08. The van der Waals surface area contributed by atoms with Gasteiger partial charge in [-0.3, -0.25) is 14.4 Å². The number of nitrogens with one attached hydrogen (secondary N) is 2. The number of rotatable bonds is 7. The van der Waals surface area contributed by atoms with Crippen molar-refractivity contribution in [2.75, 3.05) is 15.5 Å². The largest absolute Gasteiger partial charge is 0.491 e. The number of amides is 3. The maximum atomic E-state index is 13.0. The van der Waals surface area contributed by atoms with E-state index in [1.165, 1.54) is 18.2 Å². The highest BCUT2D eigenvalue weighted by atomic mass is 35.5. The molecule has 3 aromatic rings. The Hall–Kier alpha value is -3.52. The van der Waals surface area contributed by atoms with Crippen LogP contribution < -0.4 is 20.3 Å². The molecule has 0 spiro atoms. The molecule has 0 fully saturated rings. The number of imide groups is 1. The average molecular weight is 545 g/mol. The van der Waals surface area contributed by atoms with Gasteiger partial charge in [0.2, 0.25) is 0 Å². The number of anilines is 3. The summed E-state index contributed by atoms with van der Waals surface area (Å²) >= 11 is 18.3. The summed E-state index contributed by atoms with van der Waals surface area (Å²) in [4.78, 5) is 39.1. The molecule has 0 radical (unpaired) electrons. The molecule has 4 rings (SSSR count). The lowest BCUT2D eigenvalue weighted by Gasteiger charge is -2.16. The zero-order valence-electron chi connectivity index (χ0n) is 19.1. The average Bonchev–Trinajstić information content (AvgIpc) is 3.04. The SMILES string of the molecule is CC(C)Oc1ccc(NC(=O)c2ccc(NC3=C(Cl)C(=O)N(c4ccc(Cl)cc4Cl)C3=O)cc2)cc1. The molecule has 184 valence electrons. The fourth-order valence-electron chi connectivity index (χ4n) is 3.43. The topological polar surface area (TPSA) is 87.7 Å². The van der Waals surface area contributed by atoms with Crippen molar-refractivity contribution in [1.29, 1.82) is 0 Å². The van der Waals surface area contributed by atoms with E-state index in [2.05, 4.69) is 10.6 Å². The first-order chi connectivity index (χ1) is 17.1. The molecule has 10 heteroatoms. The Morgan fingerprint density at radius 2 is 1.50 bits per heavy atom. The molecule has 0 bridgehead atoms. The lowest BCUT2D eigenvalue weighted by molar-refractivity contribution is -0.120. The molecule has 0 atom stereocenters. The lowest BCUT2D eigenvalue weighted by atomic mass is 10.2. The number of hydrogen-bond donors (Lipinski definition) is 2. The molecule has 36 heavy (non-hydrogen) atoms. The molecule has 2 N–H and O–H groups in total. The minimum absolute atomic E-state index is 0.0548. The van der Waals surface area contributed by atoms with Crippen LogP contribution in [0.1, 0.15) is 24.2 Å². The van der Waals surface area contributed by atoms with Gasteiger partial charge in [-0.2, -0.15) is 0 Å². The van der Waals surface area contributed by atoms with E-state index in [1.54, 1.807) is 48.5 Å². The van der Waals surface area contributed by atoms with Gasteiger partial charge in [0.15, 0.2) is 0 Å². The van der Waals surface area contributed by atoms with E-state index >= 15 is 0 Å². The van der Waals surface area contributed by atoms with Gasteiger partial charge in [0, 0.05) is 22.0 Å². The molecule has 0 aliphatic carbocycles. The van der Waals surface area contributed by atoms with Gasteiger partial charge in [-0.15, -0.1) is 0 Å². The number of benzene rings is 3. The standard InChI is InChI=1S/C26H20Cl3N3O4/c1-14(2)36-19-10-8-18(9-11-19)31-24(33)15-3-6-17(7-4-15)30-23-22(29)25(34)32(26(23)35)21-12-5-16(27)13-20(21)28/h3-14,30H,1-2H3,(H,31,33). The van der Waals surface area contributed by atoms with Crippen LogP contribution in [0.3, 0.4) is 0 Å². The van der Waals surface area contributed by atoms with Crippen molar-refractivity contribution in [3.63, 3.8) is 0 Å². The number of halogens is 3. The highest BCUT2D eigenvalue weighted by Crippen LogP contribution is 2.35. The number of nitrogens with zero attached hydrogens (tertiary/aromatic N) is 1. The minimum atomic E-state index is -0.714. The van der Waals surface area contributed by atoms with Crippen molar-refractivity contribution < 1.29 is 19.1 Å². The molecular formula is C26H20Cl3N3O4. The zero-order valence-corrected chi connectivity index (χ0v) is 21.4. The fraction of sp³-hybridized carbons (Fsp3) is 0.115. The predicted molar refractivity (Wildman–Crippen MR) is 142 cm³/mol. The molecule has 1 heterocycles. The summed E-state index contributed by atoms with van der Waals surface area (Å²) in [6.45, 7) is 3.87. The summed E-state index contributed by atoms with van der Waals surface area (Å²) in [5.41, 5.74) is 1.54. The highest BCUT2D eigenvalue weighted by molar-refractivity contribution is 6.54. The Kier molecular flexibility index (Phi) is 7.54. The predicted octanol–water partition coefficient (Wildman–Crippen LogP) is 6.47. The summed E-state index contributed by atoms with van der Waals surface area (Å²) in [6.07, 6.45) is 0.0548. The van der Waals surface area contributed by atoms with Crippen molar-refractivity contribution in [2.24, 2.45) is 0 Å². The van der Waals surface area contributed by atoms with Crippen molar-refractivity contribution in [2.45, 2.75) is 20.0 Å². The molecule has 0 saturated carbocycles. The van der Waals surface area contributed by atoms with Crippen LogP contribution in [0.2, 0.25) is 10.0 Å². The quantitative estimate of drug-likeness (QED) is 0.333. The zero-order chi connectivity index (χ0) is 26.0. The Labute approximate surface area is 222 Å². The van der Waals surface area contributed by atoms with E-state index in [1.807, 2.05) is 13.8 Å². The lowest BCUT2D eigenvalue weighted by Crippen LogP contribution is -2.32. The van der Waals surface area contributed by atoms with Crippen LogP contribution in [0.15, 0.2) is 77.5 Å². The monoisotopic (exact) mass is 543 g/mol. The number of ether oxygens (including phenoxy) is 1. The smallest absolute Gasteiger partial charge is 0.283 e. The van der Waals surface area contributed by atoms with Crippen LogP contribution >= 0.6 is 34.8 Å². The Morgan fingerprint density at radius 3 is 2.11 bits per heavy atom. The summed E-state index contributed by atoms with van der Waals surface area (Å²) in [5, 5.41) is 5.89. The fourth-order valence-corrected chi connectivity index (χ4v) is 4.14. The van der Waals surface area contributed by atoms with E-state index < -0.39 is 11.8 Å². The molecule has 0 unspecified atom stereocenters. The van der Waals surface area contributed by atoms with Crippen molar-refractivity contribution in [3.05, 3.63) is 93.1 Å². The molecular weight excluding hydrogens is 525 g/mol. The molecule has 7 nitrogen and oxygen atoms in total. The third-order valence-corrected chi connectivity index (χ3v) is 5.97. The van der Waals surface area contributed by atoms with Crippen LogP contribution in [0.5, 0.6) is 5.75 Å². The Bertz CT molecular complexity index is 1370. The normalized spacial score (nSPS) is 13.4. The van der Waals surface area contributed by atoms with Crippen molar-refractivity contribution >= 4 is 69.6 Å². The molecule has 3 amide bonds. The van der Waals surface area contributed by atoms with Crippen LogP contribution in [0.25, 0.3) is 0 Å². The van der Waals surface area contributed by atoms with Crippen molar-refractivity contribution in [1.82, 2.24) is 0 Å². The van der Waals surface area contributed by atoms with Gasteiger partial charge in [-0.25, -0.2) is 4.90 Å². The first kappa shape index (κ1) is 25.6. The van der Waals surface area contributed by atoms with Gasteiger partial charge in [0.05, 0.1) is 16.8 Å². The number of hydrogen-bond acceptors (Lipinski definition) is 5. The highest BCUT2D eigenvalue weighted by Gasteiger charge is 2.39. The number of carbonyl (C=O) groups is 3. The second-order valence-corrected chi connectivity index (χ2v) is 9.30. The summed E-state index contributed by atoms with van der Waals surface area (Å²) < 4.78 is 5.60. The van der Waals surface area contributed by atoms with E-state index in [0.29, 0.717) is 27.7 Å². The molecule has 3 aromatic carbocycles. The summed E-state index contributed by atoms with van der Waals surface area (Å²) in [5.74, 6) is -0.981. The maximum absolute atomic E-state index is 13.0. The Morgan fingerprint density at radius 1 is 0.861 bits per heavy atom. The first-order valence-corrected chi connectivity index (χ1v) is 12.0. The number of carbonyl (C=O) groups excluding carboxylic acids is 3. The molecule has 1 aliphatic heterocycles. The second kappa shape index (κ2) is 10.6. The second-order valence-electron chi connectivity index (χ2n) is 8.08. The molecule has 1 aliphatic rings. The van der Waals surface area contributed by atoms with Crippen LogP contribution in [-0.4, -0.2) is 23.8 Å². The van der Waals surface area contributed by atoms with Gasteiger partial charge in [-0.05, 0) is 80.6 Å². The van der Waals surface area contributed by atoms with E-state index in [9.17, 15) is 14.4 Å². The van der Waals surface area contributed by atoms with E-state index in [-0.39, 0.29) is 33.5 Å². The van der Waals surface area contributed by atoms with Crippen LogP contribution in [0.4, 0.5) is 17.1 Å². The first-order valence-electron chi connectivity index (χ1n) is 10.8. The third kappa shape index (κ3) is 5.49. The van der Waals surface area contributed by atoms with Gasteiger partial charge in [0.25, 0.3) is 17.7 Å². The minimum Gasteiger partial charge on any atom is -0.491 e. The Balaban J connectivity index is 1.44. The summed E-state index contributed by atoms with van der Waals surface area (Å²) in [7, 11) is 0. The van der Waals surface area contributed by atoms with Crippen LogP contribution in [-0.2, 0) is 9.59 Å². The van der Waals surface area contributed by atoms with E-state index in [0.717, 1.165) is 4.90 Å². The molecule has 0 saturated heterocycles. The van der Waals surface area contributed by atoms with Gasteiger partial charge >= 0.3 is 0 Å². The van der Waals surface area contributed by atoms with Gasteiger partial charge in [0.1, 0.15) is 16.5 Å². The van der Waals surface area contributed by atoms with Crippen molar-refractivity contribution in [3.8, 4) is 5.75 Å². The van der Waals surface area contributed by atoms with E-state index in [4.69, 9.17) is 39.5 Å². The molecule has 0 aromatic heterocycles. The van der Waals surface area contributed by atoms with Gasteiger partial charge < -0.3 is 15.4 Å². The maximum Gasteiger partial charge on any atom is 0.283 e.